The molecule has 0 saturated carbocycles. The highest BCUT2D eigenvalue weighted by molar-refractivity contribution is 5.70. The number of H-pyrrole nitrogens is 1. The van der Waals surface area contributed by atoms with Gasteiger partial charge in [0.2, 0.25) is 0 Å². The zero-order valence-corrected chi connectivity index (χ0v) is 15.9. The van der Waals surface area contributed by atoms with Gasteiger partial charge in [0.15, 0.2) is 0 Å². The standard InChI is InChI=1S/C22H24N2O5/c1-12-10-23-24-18(12)14-7-5-13(6-8-14)15-3-2-4-16(9-15)22-21(28)20(27)19(26)17(11-25)29-22/h2-10,17,19-22,25-28H,11H2,1H3,(H,23,24)/t17-,19-,20+,21+,22-/m1/s1. The van der Waals surface area contributed by atoms with Crippen LogP contribution in [0.5, 0.6) is 0 Å². The van der Waals surface area contributed by atoms with E-state index in [1.165, 1.54) is 0 Å². The lowest BCUT2D eigenvalue weighted by Gasteiger charge is -2.40. The van der Waals surface area contributed by atoms with Crippen molar-refractivity contribution >= 4 is 0 Å². The molecule has 2 aromatic carbocycles. The molecule has 1 saturated heterocycles. The first-order valence-corrected chi connectivity index (χ1v) is 9.51. The van der Waals surface area contributed by atoms with E-state index >= 15 is 0 Å². The summed E-state index contributed by atoms with van der Waals surface area (Å²) in [6.07, 6.45) is -4.06. The lowest BCUT2D eigenvalue weighted by Crippen LogP contribution is -2.55. The van der Waals surface area contributed by atoms with E-state index < -0.39 is 37.1 Å². The van der Waals surface area contributed by atoms with Crippen molar-refractivity contribution in [1.29, 1.82) is 0 Å². The summed E-state index contributed by atoms with van der Waals surface area (Å²) in [5.41, 5.74) is 5.65. The highest BCUT2D eigenvalue weighted by Crippen LogP contribution is 2.34. The molecule has 7 heteroatoms. The normalized spacial score (nSPS) is 27.1. The first-order valence-electron chi connectivity index (χ1n) is 9.51. The van der Waals surface area contributed by atoms with Gasteiger partial charge in [-0.25, -0.2) is 0 Å². The molecule has 2 heterocycles. The second-order valence-corrected chi connectivity index (χ2v) is 7.38. The van der Waals surface area contributed by atoms with E-state index in [0.29, 0.717) is 5.56 Å². The first kappa shape index (κ1) is 19.8. The summed E-state index contributed by atoms with van der Waals surface area (Å²) in [5, 5.41) is 46.9. The lowest BCUT2D eigenvalue weighted by atomic mass is 9.90. The molecule has 29 heavy (non-hydrogen) atoms. The molecule has 5 atom stereocenters. The Balaban J connectivity index is 1.61. The van der Waals surface area contributed by atoms with Crippen LogP contribution in [0.1, 0.15) is 17.2 Å². The minimum absolute atomic E-state index is 0.449. The molecule has 1 fully saturated rings. The van der Waals surface area contributed by atoms with Crippen LogP contribution in [-0.2, 0) is 4.74 Å². The fourth-order valence-corrected chi connectivity index (χ4v) is 3.74. The summed E-state index contributed by atoms with van der Waals surface area (Å²) >= 11 is 0. The number of rotatable bonds is 4. The van der Waals surface area contributed by atoms with E-state index in [1.807, 2.05) is 49.4 Å². The largest absolute Gasteiger partial charge is 0.394 e. The fraction of sp³-hybridized carbons (Fsp3) is 0.318. The third kappa shape index (κ3) is 3.71. The van der Waals surface area contributed by atoms with E-state index in [9.17, 15) is 20.4 Å². The number of aromatic nitrogens is 2. The molecular formula is C22H24N2O5. The Kier molecular flexibility index (Phi) is 5.49. The van der Waals surface area contributed by atoms with Crippen LogP contribution in [0, 0.1) is 6.92 Å². The molecule has 5 N–H and O–H groups in total. The molecule has 152 valence electrons. The highest BCUT2D eigenvalue weighted by atomic mass is 16.5. The highest BCUT2D eigenvalue weighted by Gasteiger charge is 2.43. The van der Waals surface area contributed by atoms with Gasteiger partial charge in [-0.15, -0.1) is 0 Å². The van der Waals surface area contributed by atoms with Crippen LogP contribution in [0.3, 0.4) is 0 Å². The van der Waals surface area contributed by atoms with Gasteiger partial charge >= 0.3 is 0 Å². The van der Waals surface area contributed by atoms with Gasteiger partial charge in [-0.2, -0.15) is 5.10 Å². The van der Waals surface area contributed by atoms with Crippen molar-refractivity contribution in [2.75, 3.05) is 6.61 Å². The molecular weight excluding hydrogens is 372 g/mol. The van der Waals surface area contributed by atoms with Gasteiger partial charge in [0.1, 0.15) is 30.5 Å². The van der Waals surface area contributed by atoms with Gasteiger partial charge in [-0.05, 0) is 40.8 Å². The Bertz CT molecular complexity index is 969. The predicted octanol–water partition coefficient (Wildman–Crippen LogP) is 1.57. The Morgan fingerprint density at radius 1 is 0.931 bits per heavy atom. The lowest BCUT2D eigenvalue weighted by molar-refractivity contribution is -0.231. The third-order valence-corrected chi connectivity index (χ3v) is 5.44. The van der Waals surface area contributed by atoms with Crippen LogP contribution in [0.25, 0.3) is 22.4 Å². The van der Waals surface area contributed by atoms with Crippen molar-refractivity contribution < 1.29 is 25.2 Å². The molecule has 3 aromatic rings. The average molecular weight is 396 g/mol. The number of hydrogen-bond donors (Lipinski definition) is 5. The number of aromatic amines is 1. The zero-order chi connectivity index (χ0) is 20.5. The van der Waals surface area contributed by atoms with E-state index in [0.717, 1.165) is 27.9 Å². The van der Waals surface area contributed by atoms with E-state index in [4.69, 9.17) is 4.74 Å². The van der Waals surface area contributed by atoms with Gasteiger partial charge in [0, 0.05) is 0 Å². The SMILES string of the molecule is Cc1cn[nH]c1-c1ccc(-c2cccc([C@H]3O[C@H](CO)[C@@H](O)[C@H](O)[C@@H]3O)c2)cc1. The smallest absolute Gasteiger partial charge is 0.113 e. The Hall–Kier alpha value is -2.55. The maximum absolute atomic E-state index is 10.4. The van der Waals surface area contributed by atoms with Crippen molar-refractivity contribution in [2.45, 2.75) is 37.4 Å². The number of aliphatic hydroxyl groups is 4. The number of aryl methyl sites for hydroxylation is 1. The number of nitrogens with zero attached hydrogens (tertiary/aromatic N) is 1. The van der Waals surface area contributed by atoms with E-state index in [2.05, 4.69) is 10.2 Å². The predicted molar refractivity (Wildman–Crippen MR) is 107 cm³/mol. The number of aliphatic hydroxyl groups excluding tert-OH is 4. The molecule has 0 unspecified atom stereocenters. The van der Waals surface area contributed by atoms with E-state index in [-0.39, 0.29) is 0 Å². The minimum atomic E-state index is -1.40. The molecule has 4 rings (SSSR count). The second kappa shape index (κ2) is 8.06. The Morgan fingerprint density at radius 3 is 2.31 bits per heavy atom. The average Bonchev–Trinajstić information content (AvgIpc) is 3.18. The van der Waals surface area contributed by atoms with Crippen molar-refractivity contribution in [3.8, 4) is 22.4 Å². The quantitative estimate of drug-likeness (QED) is 0.457. The summed E-state index contributed by atoms with van der Waals surface area (Å²) in [4.78, 5) is 0. The van der Waals surface area contributed by atoms with Crippen molar-refractivity contribution in [1.82, 2.24) is 10.2 Å². The maximum Gasteiger partial charge on any atom is 0.113 e. The Morgan fingerprint density at radius 2 is 1.66 bits per heavy atom. The fourth-order valence-electron chi connectivity index (χ4n) is 3.74. The summed E-state index contributed by atoms with van der Waals surface area (Å²) in [6, 6.07) is 15.5. The molecule has 0 amide bonds. The van der Waals surface area contributed by atoms with Crippen LogP contribution in [0.2, 0.25) is 0 Å². The van der Waals surface area contributed by atoms with Crippen LogP contribution in [0.4, 0.5) is 0 Å². The van der Waals surface area contributed by atoms with Gasteiger partial charge < -0.3 is 25.2 Å². The summed E-state index contributed by atoms with van der Waals surface area (Å²) in [7, 11) is 0. The topological polar surface area (TPSA) is 119 Å². The van der Waals surface area contributed by atoms with Crippen LogP contribution >= 0.6 is 0 Å². The third-order valence-electron chi connectivity index (χ3n) is 5.44. The monoisotopic (exact) mass is 396 g/mol. The van der Waals surface area contributed by atoms with Gasteiger partial charge in [0.25, 0.3) is 0 Å². The van der Waals surface area contributed by atoms with Crippen molar-refractivity contribution in [2.24, 2.45) is 0 Å². The number of hydrogen-bond acceptors (Lipinski definition) is 6. The number of nitrogens with one attached hydrogen (secondary N) is 1. The number of benzene rings is 2. The molecule has 0 spiro atoms. The molecule has 1 aromatic heterocycles. The zero-order valence-electron chi connectivity index (χ0n) is 15.9. The van der Waals surface area contributed by atoms with Gasteiger partial charge in [-0.1, -0.05) is 42.5 Å². The summed E-state index contributed by atoms with van der Waals surface area (Å²) < 4.78 is 5.67. The van der Waals surface area contributed by atoms with Crippen molar-refractivity contribution in [3.63, 3.8) is 0 Å². The Labute approximate surface area is 168 Å². The van der Waals surface area contributed by atoms with Crippen molar-refractivity contribution in [3.05, 3.63) is 65.9 Å². The van der Waals surface area contributed by atoms with Gasteiger partial charge in [0.05, 0.1) is 18.5 Å². The van der Waals surface area contributed by atoms with Crippen LogP contribution in [0.15, 0.2) is 54.7 Å². The molecule has 0 aliphatic carbocycles. The first-order chi connectivity index (χ1) is 14.0. The second-order valence-electron chi connectivity index (χ2n) is 7.38. The summed E-state index contributed by atoms with van der Waals surface area (Å²) in [5.74, 6) is 0. The van der Waals surface area contributed by atoms with Crippen LogP contribution in [-0.4, -0.2) is 61.6 Å². The molecule has 7 nitrogen and oxygen atoms in total. The van der Waals surface area contributed by atoms with E-state index in [1.54, 1.807) is 12.3 Å². The summed E-state index contributed by atoms with van der Waals surface area (Å²) in [6.45, 7) is 1.55. The minimum Gasteiger partial charge on any atom is -0.394 e. The number of ether oxygens (including phenoxy) is 1. The molecule has 0 radical (unpaired) electrons. The molecule has 0 bridgehead atoms. The van der Waals surface area contributed by atoms with Crippen LogP contribution < -0.4 is 0 Å². The molecule has 1 aliphatic heterocycles. The molecule has 1 aliphatic rings. The maximum atomic E-state index is 10.4. The van der Waals surface area contributed by atoms with Gasteiger partial charge in [-0.3, -0.25) is 5.10 Å².